The molecule has 0 saturated heterocycles. The van der Waals surface area contributed by atoms with Gasteiger partial charge in [-0.2, -0.15) is 0 Å². The van der Waals surface area contributed by atoms with Crippen molar-refractivity contribution in [1.29, 1.82) is 4.78 Å². The second-order valence-corrected chi connectivity index (χ2v) is 0.638. The summed E-state index contributed by atoms with van der Waals surface area (Å²) in [5.41, 5.74) is 0. The molecule has 5 heavy (non-hydrogen) atoms. The van der Waals surface area contributed by atoms with E-state index in [1.165, 1.54) is 0 Å². The maximum Gasteiger partial charge on any atom is 0.258 e. The van der Waals surface area contributed by atoms with Crippen LogP contribution in [0.5, 0.6) is 0 Å². The van der Waals surface area contributed by atoms with Crippen LogP contribution in [0.4, 0.5) is 7.77 Å². The highest BCUT2D eigenvalue weighted by molar-refractivity contribution is 7.75. The molecule has 0 heterocycles. The fourth-order valence-corrected chi connectivity index (χ4v) is 0. The minimum atomic E-state index is -3.11. The Hall–Kier alpha value is -0.0300. The first-order valence-electron chi connectivity index (χ1n) is 0.513. The largest absolute Gasteiger partial charge is 0.344 e. The van der Waals surface area contributed by atoms with Crippen LogP contribution in [0.1, 0.15) is 0 Å². The highest BCUT2D eigenvalue weighted by Gasteiger charge is 1.65. The quantitative estimate of drug-likeness (QED) is 0.475. The molecular weight excluding hydrogens is 98.1 g/mol. The molecule has 4 N–H and O–H groups in total. The van der Waals surface area contributed by atoms with Crippen LogP contribution in [-0.4, -0.2) is 0 Å². The number of hydrogen-bond donors (Lipinski definition) is 2. The van der Waals surface area contributed by atoms with Gasteiger partial charge in [0.1, 0.15) is 0 Å². The Morgan fingerprint density at radius 1 is 1.40 bits per heavy atom. The molecule has 0 unspecified atom stereocenters. The van der Waals surface area contributed by atoms with E-state index in [0.717, 1.165) is 0 Å². The lowest BCUT2D eigenvalue weighted by molar-refractivity contribution is 0.780. The molecule has 0 atom stereocenters. The Kier molecular flexibility index (Phi) is 7.05. The predicted octanol–water partition coefficient (Wildman–Crippen LogP) is 1.30. The van der Waals surface area contributed by atoms with E-state index in [0.29, 0.717) is 0 Å². The third kappa shape index (κ3) is 17100. The lowest BCUT2D eigenvalue weighted by atomic mass is 14.0. The maximum absolute atomic E-state index is 10.0. The van der Waals surface area contributed by atoms with Gasteiger partial charge in [0, 0.05) is 0 Å². The second kappa shape index (κ2) is 3.97. The molecule has 34 valence electrons. The van der Waals surface area contributed by atoms with E-state index in [4.69, 9.17) is 4.78 Å². The van der Waals surface area contributed by atoms with Crippen LogP contribution in [-0.2, 0) is 11.5 Å². The zero-order valence-corrected chi connectivity index (χ0v) is 3.19. The summed E-state index contributed by atoms with van der Waals surface area (Å²) < 4.78 is 25.3. The van der Waals surface area contributed by atoms with Gasteiger partial charge in [-0.1, -0.05) is 0 Å². The van der Waals surface area contributed by atoms with Gasteiger partial charge in [-0.3, -0.25) is 0 Å². The molecule has 0 aromatic heterocycles. The van der Waals surface area contributed by atoms with Crippen molar-refractivity contribution in [2.45, 2.75) is 0 Å². The molecule has 0 amide bonds. The molecule has 0 saturated carbocycles. The van der Waals surface area contributed by atoms with Crippen molar-refractivity contribution in [3.8, 4) is 0 Å². The van der Waals surface area contributed by atoms with Gasteiger partial charge in [0.05, 0.1) is 0 Å². The molecule has 0 aliphatic heterocycles. The molecule has 0 rings (SSSR count). The summed E-state index contributed by atoms with van der Waals surface area (Å²) in [4.78, 5) is 0. The number of halogens is 2. The van der Waals surface area contributed by atoms with Crippen molar-refractivity contribution >= 4 is 11.5 Å². The van der Waals surface area contributed by atoms with Crippen LogP contribution >= 0.6 is 0 Å². The van der Waals surface area contributed by atoms with Crippen molar-refractivity contribution in [2.24, 2.45) is 0 Å². The normalized spacial score (nSPS) is 7.00. The number of rotatable bonds is 0. The Balaban J connectivity index is 0. The van der Waals surface area contributed by atoms with Gasteiger partial charge in [-0.15, -0.1) is 7.77 Å². The minimum Gasteiger partial charge on any atom is -0.344 e. The molecule has 0 aromatic rings. The van der Waals surface area contributed by atoms with Gasteiger partial charge in [0.15, 0.2) is 0 Å². The van der Waals surface area contributed by atoms with E-state index in [1.54, 1.807) is 0 Å². The Bertz CT molecular complexity index is 30.6. The van der Waals surface area contributed by atoms with E-state index in [2.05, 4.69) is 0 Å². The molecule has 0 radical (unpaired) electrons. The van der Waals surface area contributed by atoms with Crippen LogP contribution in [0.25, 0.3) is 0 Å². The monoisotopic (exact) mass is 102 g/mol. The first-order chi connectivity index (χ1) is 1.73. The highest BCUT2D eigenvalue weighted by atomic mass is 32.2. The minimum absolute atomic E-state index is 0. The van der Waals surface area contributed by atoms with Gasteiger partial charge in [-0.05, 0) is 0 Å². The molecule has 5 heteroatoms. The zero-order valence-electron chi connectivity index (χ0n) is 2.37. The van der Waals surface area contributed by atoms with Crippen LogP contribution in [0.15, 0.2) is 0 Å². The van der Waals surface area contributed by atoms with E-state index >= 15 is 0 Å². The summed E-state index contributed by atoms with van der Waals surface area (Å²) in [7, 11) is 0. The summed E-state index contributed by atoms with van der Waals surface area (Å²) in [6, 6.07) is 0. The van der Waals surface area contributed by atoms with Gasteiger partial charge < -0.3 is 6.15 Å². The smallest absolute Gasteiger partial charge is 0.258 e. The summed E-state index contributed by atoms with van der Waals surface area (Å²) in [5, 5.41) is 0. The molecule has 0 fully saturated rings. The third-order valence-corrected chi connectivity index (χ3v) is 0. The van der Waals surface area contributed by atoms with Crippen LogP contribution in [0.3, 0.4) is 0 Å². The highest BCUT2D eigenvalue weighted by Crippen LogP contribution is 1.77. The Morgan fingerprint density at radius 3 is 1.40 bits per heavy atom. The van der Waals surface area contributed by atoms with Gasteiger partial charge >= 0.3 is 0 Å². The fourth-order valence-electron chi connectivity index (χ4n) is 0. The van der Waals surface area contributed by atoms with E-state index in [1.807, 2.05) is 0 Å². The van der Waals surface area contributed by atoms with Crippen molar-refractivity contribution < 1.29 is 7.77 Å². The molecule has 0 aliphatic carbocycles. The average Bonchev–Trinajstić information content (AvgIpc) is 0.811. The lowest BCUT2D eigenvalue weighted by Crippen LogP contribution is -1.42. The molecule has 0 aromatic carbocycles. The van der Waals surface area contributed by atoms with Gasteiger partial charge in [0.25, 0.3) is 11.5 Å². The summed E-state index contributed by atoms with van der Waals surface area (Å²) in [6.07, 6.45) is 0. The summed E-state index contributed by atoms with van der Waals surface area (Å²) in [6.45, 7) is 0. The Morgan fingerprint density at radius 2 is 1.40 bits per heavy atom. The molecule has 0 spiro atoms. The van der Waals surface area contributed by atoms with Crippen LogP contribution < -0.4 is 6.15 Å². The van der Waals surface area contributed by atoms with Crippen LogP contribution in [0.2, 0.25) is 0 Å². The van der Waals surface area contributed by atoms with Crippen molar-refractivity contribution in [1.82, 2.24) is 6.15 Å². The van der Waals surface area contributed by atoms with E-state index in [-0.39, 0.29) is 6.15 Å². The molecule has 2 nitrogen and oxygen atoms in total. The van der Waals surface area contributed by atoms with Crippen LogP contribution in [0, 0.1) is 4.78 Å². The van der Waals surface area contributed by atoms with E-state index < -0.39 is 11.5 Å². The van der Waals surface area contributed by atoms with Gasteiger partial charge in [-0.25, -0.2) is 4.78 Å². The predicted molar refractivity (Wildman–Crippen MR) is 17.3 cm³/mol. The number of hydrogen-bond acceptors (Lipinski definition) is 2. The van der Waals surface area contributed by atoms with E-state index in [9.17, 15) is 7.77 Å². The third-order valence-electron chi connectivity index (χ3n) is 0. The molecular formula is H4F2N2S. The Labute approximate surface area is 31.2 Å². The summed E-state index contributed by atoms with van der Waals surface area (Å²) >= 11 is -3.11. The topological polar surface area (TPSA) is 58.9 Å². The van der Waals surface area contributed by atoms with Gasteiger partial charge in [0.2, 0.25) is 0 Å². The van der Waals surface area contributed by atoms with Crippen molar-refractivity contribution in [3.05, 3.63) is 0 Å². The summed E-state index contributed by atoms with van der Waals surface area (Å²) in [5.74, 6) is 0. The standard InChI is InChI=1S/F2HNS.H3N/c1-4(2)3;/h3H;1H3. The number of nitrogens with one attached hydrogen (secondary N) is 1. The molecule has 0 aliphatic rings. The first kappa shape index (κ1) is 8.88. The fraction of sp³-hybridized carbons (Fsp3) is 0. The first-order valence-corrected chi connectivity index (χ1v) is 1.54. The van der Waals surface area contributed by atoms with Crippen molar-refractivity contribution in [3.63, 3.8) is 0 Å². The molecule has 0 bridgehead atoms. The second-order valence-electron chi connectivity index (χ2n) is 0.213. The lowest BCUT2D eigenvalue weighted by Gasteiger charge is -1.53. The zero-order chi connectivity index (χ0) is 3.58. The average molecular weight is 102 g/mol. The van der Waals surface area contributed by atoms with Crippen molar-refractivity contribution in [2.75, 3.05) is 0 Å². The maximum atomic E-state index is 10.0. The SMILES string of the molecule is N.N=S(F)F.